The quantitative estimate of drug-likeness (QED) is 0.602. The Morgan fingerprint density at radius 1 is 0.969 bits per heavy atom. The molecule has 2 aromatic carbocycles. The van der Waals surface area contributed by atoms with E-state index in [0.717, 1.165) is 62.2 Å². The minimum absolute atomic E-state index is 0.0385. The molecule has 2 aliphatic heterocycles. The highest BCUT2D eigenvalue weighted by atomic mass is 35.5. The number of hydrogen-bond donors (Lipinski definition) is 2. The molecule has 0 spiro atoms. The molecular weight excluding hydrogens is 447 g/mol. The second kappa shape index (κ2) is 9.04. The second-order valence-electron chi connectivity index (χ2n) is 8.61. The van der Waals surface area contributed by atoms with Crippen LogP contribution in [-0.4, -0.2) is 76.0 Å². The molecule has 0 bridgehead atoms. The lowest BCUT2D eigenvalue weighted by molar-refractivity contribution is -0.0336. The van der Waals surface area contributed by atoms with Gasteiger partial charge in [0.1, 0.15) is 11.9 Å². The van der Waals surface area contributed by atoms with Crippen molar-refractivity contribution in [1.29, 1.82) is 0 Å². The smallest absolute Gasteiger partial charge is 0.270 e. The second-order valence-corrected chi connectivity index (χ2v) is 9.48. The molecule has 8 heteroatoms. The van der Waals surface area contributed by atoms with Gasteiger partial charge in [-0.2, -0.15) is 0 Å². The highest BCUT2D eigenvalue weighted by Crippen LogP contribution is 2.25. The van der Waals surface area contributed by atoms with E-state index >= 15 is 0 Å². The summed E-state index contributed by atoms with van der Waals surface area (Å²) < 4.78 is 0. The average Bonchev–Trinajstić information content (AvgIpc) is 3.46. The zero-order valence-corrected chi connectivity index (χ0v) is 19.2. The van der Waals surface area contributed by atoms with E-state index < -0.39 is 6.23 Å². The van der Waals surface area contributed by atoms with Crippen LogP contribution in [0.5, 0.6) is 0 Å². The molecule has 32 heavy (non-hydrogen) atoms. The van der Waals surface area contributed by atoms with Crippen LogP contribution in [0.25, 0.3) is 10.9 Å². The zero-order valence-electron chi connectivity index (χ0n) is 17.7. The molecule has 5 rings (SSSR count). The number of carbonyl (C=O) groups is 1. The number of amides is 1. The average molecular weight is 473 g/mol. The highest BCUT2D eigenvalue weighted by Gasteiger charge is 2.34. The van der Waals surface area contributed by atoms with Gasteiger partial charge in [0.15, 0.2) is 0 Å². The summed E-state index contributed by atoms with van der Waals surface area (Å²) in [5.74, 6) is 0.0385. The summed E-state index contributed by atoms with van der Waals surface area (Å²) in [5.41, 5.74) is 2.39. The molecule has 3 heterocycles. The van der Waals surface area contributed by atoms with E-state index in [9.17, 15) is 9.90 Å². The van der Waals surface area contributed by atoms with Crippen LogP contribution in [-0.2, 0) is 0 Å². The number of aliphatic hydroxyl groups excluding tert-OH is 1. The number of nitrogens with zero attached hydrogens (tertiary/aromatic N) is 3. The lowest BCUT2D eigenvalue weighted by Gasteiger charge is -2.39. The van der Waals surface area contributed by atoms with Crippen molar-refractivity contribution in [2.75, 3.05) is 39.3 Å². The zero-order chi connectivity index (χ0) is 22.2. The van der Waals surface area contributed by atoms with Gasteiger partial charge >= 0.3 is 0 Å². The fourth-order valence-electron chi connectivity index (χ4n) is 4.81. The van der Waals surface area contributed by atoms with Crippen LogP contribution in [0.4, 0.5) is 0 Å². The number of H-pyrrole nitrogens is 1. The number of rotatable bonds is 4. The normalized spacial score (nSPS) is 21.3. The van der Waals surface area contributed by atoms with E-state index in [1.165, 1.54) is 0 Å². The number of carbonyl (C=O) groups excluding carboxylic acids is 1. The Balaban J connectivity index is 1.17. The first-order chi connectivity index (χ1) is 15.5. The molecule has 2 saturated heterocycles. The Kier molecular flexibility index (Phi) is 6.14. The van der Waals surface area contributed by atoms with Gasteiger partial charge in [-0.05, 0) is 48.4 Å². The monoisotopic (exact) mass is 472 g/mol. The highest BCUT2D eigenvalue weighted by molar-refractivity contribution is 6.31. The summed E-state index contributed by atoms with van der Waals surface area (Å²) >= 11 is 12.0. The molecule has 2 N–H and O–H groups in total. The van der Waals surface area contributed by atoms with E-state index in [-0.39, 0.29) is 5.91 Å². The van der Waals surface area contributed by atoms with Crippen molar-refractivity contribution >= 4 is 40.0 Å². The lowest BCUT2D eigenvalue weighted by Crippen LogP contribution is -2.51. The number of piperazine rings is 1. The number of halogens is 2. The molecule has 168 valence electrons. The van der Waals surface area contributed by atoms with Gasteiger partial charge < -0.3 is 15.0 Å². The third kappa shape index (κ3) is 4.38. The molecule has 0 saturated carbocycles. The summed E-state index contributed by atoms with van der Waals surface area (Å²) in [6.07, 6.45) is 0.351. The Labute approximate surface area is 197 Å². The molecule has 0 radical (unpaired) electrons. The van der Waals surface area contributed by atoms with Crippen LogP contribution >= 0.6 is 23.2 Å². The van der Waals surface area contributed by atoms with Gasteiger partial charge in [-0.3, -0.25) is 14.6 Å². The minimum atomic E-state index is -0.619. The van der Waals surface area contributed by atoms with Crippen molar-refractivity contribution in [3.63, 3.8) is 0 Å². The van der Waals surface area contributed by atoms with Crippen LogP contribution in [0.3, 0.4) is 0 Å². The third-order valence-electron chi connectivity index (χ3n) is 6.64. The maximum absolute atomic E-state index is 13.0. The van der Waals surface area contributed by atoms with Crippen LogP contribution in [0.1, 0.15) is 28.7 Å². The van der Waals surface area contributed by atoms with E-state index in [2.05, 4.69) is 14.8 Å². The predicted octanol–water partition coefficient (Wildman–Crippen LogP) is 4.00. The Hall–Kier alpha value is -2.09. The molecule has 3 aromatic rings. The van der Waals surface area contributed by atoms with Gasteiger partial charge in [-0.15, -0.1) is 0 Å². The number of fused-ring (bicyclic) bond motifs is 1. The summed E-state index contributed by atoms with van der Waals surface area (Å²) in [6, 6.07) is 15.2. The van der Waals surface area contributed by atoms with Crippen molar-refractivity contribution in [2.45, 2.75) is 18.7 Å². The molecule has 1 amide bonds. The molecule has 1 aromatic heterocycles. The van der Waals surface area contributed by atoms with E-state index in [0.29, 0.717) is 21.8 Å². The van der Waals surface area contributed by atoms with Crippen LogP contribution < -0.4 is 0 Å². The summed E-state index contributed by atoms with van der Waals surface area (Å²) in [6.45, 7) is 4.82. The topological polar surface area (TPSA) is 62.8 Å². The van der Waals surface area contributed by atoms with Gasteiger partial charge in [0.05, 0.1) is 0 Å². The fourth-order valence-corrected chi connectivity index (χ4v) is 5.11. The molecule has 2 atom stereocenters. The number of aromatic amines is 1. The summed E-state index contributed by atoms with van der Waals surface area (Å²) in [7, 11) is 0. The number of likely N-dealkylation sites (tertiary alicyclic amines) is 1. The SMILES string of the molecule is O=C(c1cc2cc(Cl)ccc2[nH]1)N1CC[C@H](N2CCN(C(O)c3ccc(Cl)cc3)CC2)C1. The maximum atomic E-state index is 13.0. The first kappa shape index (κ1) is 21.7. The molecule has 0 aliphatic carbocycles. The standard InChI is InChI=1S/C24H26Cl2N4O2/c25-18-3-1-16(2-4-18)23(31)29-11-9-28(10-12-29)20-7-8-30(15-20)24(32)22-14-17-13-19(26)5-6-21(17)27-22/h1-6,13-14,20,23,27,31H,7-12,15H2/t20-,23?/m0/s1. The molecule has 2 fully saturated rings. The number of benzene rings is 2. The Morgan fingerprint density at radius 3 is 2.44 bits per heavy atom. The predicted molar refractivity (Wildman–Crippen MR) is 127 cm³/mol. The maximum Gasteiger partial charge on any atom is 0.270 e. The van der Waals surface area contributed by atoms with Crippen LogP contribution in [0.15, 0.2) is 48.5 Å². The van der Waals surface area contributed by atoms with Crippen molar-refractivity contribution < 1.29 is 9.90 Å². The minimum Gasteiger partial charge on any atom is -0.374 e. The van der Waals surface area contributed by atoms with Gasteiger partial charge in [0.2, 0.25) is 0 Å². The third-order valence-corrected chi connectivity index (χ3v) is 7.13. The van der Waals surface area contributed by atoms with E-state index in [4.69, 9.17) is 23.2 Å². The van der Waals surface area contributed by atoms with Gasteiger partial charge in [-0.25, -0.2) is 0 Å². The number of aromatic nitrogens is 1. The largest absolute Gasteiger partial charge is 0.374 e. The number of hydrogen-bond acceptors (Lipinski definition) is 4. The molecular formula is C24H26Cl2N4O2. The van der Waals surface area contributed by atoms with Gasteiger partial charge in [-0.1, -0.05) is 35.3 Å². The van der Waals surface area contributed by atoms with Crippen LogP contribution in [0, 0.1) is 0 Å². The van der Waals surface area contributed by atoms with Crippen molar-refractivity contribution in [1.82, 2.24) is 19.7 Å². The molecule has 1 unspecified atom stereocenters. The number of aliphatic hydroxyl groups is 1. The van der Waals surface area contributed by atoms with Crippen LogP contribution in [0.2, 0.25) is 10.0 Å². The fraction of sp³-hybridized carbons (Fsp3) is 0.375. The van der Waals surface area contributed by atoms with Gasteiger partial charge in [0, 0.05) is 66.3 Å². The molecule has 2 aliphatic rings. The van der Waals surface area contributed by atoms with Crippen molar-refractivity contribution in [3.8, 4) is 0 Å². The van der Waals surface area contributed by atoms with E-state index in [1.54, 1.807) is 0 Å². The molecule has 6 nitrogen and oxygen atoms in total. The number of nitrogens with one attached hydrogen (secondary N) is 1. The Morgan fingerprint density at radius 2 is 1.69 bits per heavy atom. The first-order valence-electron chi connectivity index (χ1n) is 11.0. The van der Waals surface area contributed by atoms with E-state index in [1.807, 2.05) is 53.4 Å². The van der Waals surface area contributed by atoms with Crippen molar-refractivity contribution in [2.24, 2.45) is 0 Å². The van der Waals surface area contributed by atoms with Gasteiger partial charge in [0.25, 0.3) is 5.91 Å². The summed E-state index contributed by atoms with van der Waals surface area (Å²) in [5, 5.41) is 13.0. The van der Waals surface area contributed by atoms with Crippen molar-refractivity contribution in [3.05, 3.63) is 69.8 Å². The lowest BCUT2D eigenvalue weighted by atomic mass is 10.1. The Bertz CT molecular complexity index is 1110. The first-order valence-corrected chi connectivity index (χ1v) is 11.7. The summed E-state index contributed by atoms with van der Waals surface area (Å²) in [4.78, 5) is 22.7.